The van der Waals surface area contributed by atoms with Crippen LogP contribution in [0.2, 0.25) is 0 Å². The van der Waals surface area contributed by atoms with E-state index in [9.17, 15) is 4.79 Å². The van der Waals surface area contributed by atoms with Crippen molar-refractivity contribution in [2.24, 2.45) is 11.8 Å². The van der Waals surface area contributed by atoms with Crippen molar-refractivity contribution < 1.29 is 4.79 Å². The van der Waals surface area contributed by atoms with Crippen LogP contribution in [-0.2, 0) is 4.79 Å². The van der Waals surface area contributed by atoms with Gasteiger partial charge in [0.25, 0.3) is 0 Å². The highest BCUT2D eigenvalue weighted by Crippen LogP contribution is 2.02. The molecule has 3 heteroatoms. The molecule has 3 N–H and O–H groups in total. The molecule has 0 aliphatic heterocycles. The minimum Gasteiger partial charge on any atom is -0.294 e. The Morgan fingerprint density at radius 3 is 2.67 bits per heavy atom. The van der Waals surface area contributed by atoms with E-state index in [1.54, 1.807) is 0 Å². The first-order chi connectivity index (χ1) is 4.22. The summed E-state index contributed by atoms with van der Waals surface area (Å²) < 4.78 is 0. The second kappa shape index (κ2) is 4.32. The van der Waals surface area contributed by atoms with Crippen LogP contribution in [0.1, 0.15) is 26.7 Å². The second-order valence-corrected chi connectivity index (χ2v) is 2.20. The summed E-state index contributed by atoms with van der Waals surface area (Å²) in [6.07, 6.45) is 1.93. The molecule has 0 aliphatic rings. The molecule has 0 saturated carbocycles. The van der Waals surface area contributed by atoms with Crippen LogP contribution < -0.4 is 11.3 Å². The van der Waals surface area contributed by atoms with Crippen LogP contribution in [0.25, 0.3) is 0 Å². The lowest BCUT2D eigenvalue weighted by Crippen LogP contribution is -2.34. The van der Waals surface area contributed by atoms with Gasteiger partial charge in [-0.2, -0.15) is 0 Å². The number of hydrogen-bond acceptors (Lipinski definition) is 2. The quantitative estimate of drug-likeness (QED) is 0.330. The molecule has 0 spiro atoms. The van der Waals surface area contributed by atoms with Crippen molar-refractivity contribution in [1.29, 1.82) is 0 Å². The molecule has 0 fully saturated rings. The van der Waals surface area contributed by atoms with Gasteiger partial charge in [-0.25, -0.2) is 5.84 Å². The Hall–Kier alpha value is -0.570. The van der Waals surface area contributed by atoms with Crippen LogP contribution in [0.4, 0.5) is 0 Å². The average Bonchev–Trinajstić information content (AvgIpc) is 1.87. The van der Waals surface area contributed by atoms with Crippen molar-refractivity contribution >= 4 is 5.91 Å². The van der Waals surface area contributed by atoms with Crippen LogP contribution in [0, 0.1) is 5.92 Å². The summed E-state index contributed by atoms with van der Waals surface area (Å²) in [5.74, 6) is 4.89. The molecular formula is C6H14N2O. The number of hydrogen-bond donors (Lipinski definition) is 2. The van der Waals surface area contributed by atoms with Crippen molar-refractivity contribution in [2.45, 2.75) is 26.7 Å². The minimum absolute atomic E-state index is 0.0556. The van der Waals surface area contributed by atoms with Crippen molar-refractivity contribution in [2.75, 3.05) is 0 Å². The lowest BCUT2D eigenvalue weighted by atomic mass is 10.1. The van der Waals surface area contributed by atoms with Crippen molar-refractivity contribution in [3.8, 4) is 0 Å². The first-order valence-electron chi connectivity index (χ1n) is 3.22. The Bertz CT molecular complexity index is 93.1. The zero-order valence-electron chi connectivity index (χ0n) is 5.98. The summed E-state index contributed by atoms with van der Waals surface area (Å²) in [6, 6.07) is 0. The van der Waals surface area contributed by atoms with E-state index >= 15 is 0 Å². The Labute approximate surface area is 55.6 Å². The molecule has 0 heterocycles. The number of amides is 1. The molecule has 1 unspecified atom stereocenters. The zero-order valence-corrected chi connectivity index (χ0v) is 5.98. The van der Waals surface area contributed by atoms with E-state index in [2.05, 4.69) is 5.43 Å². The molecule has 0 aromatic carbocycles. The maximum Gasteiger partial charge on any atom is 0.236 e. The molecular weight excluding hydrogens is 116 g/mol. The monoisotopic (exact) mass is 130 g/mol. The number of hydrazine groups is 1. The Balaban J connectivity index is 3.45. The molecule has 0 rings (SSSR count). The molecule has 0 bridgehead atoms. The smallest absolute Gasteiger partial charge is 0.236 e. The summed E-state index contributed by atoms with van der Waals surface area (Å²) >= 11 is 0. The SMILES string of the molecule is CCCC(C)C(=O)NN. The van der Waals surface area contributed by atoms with Gasteiger partial charge < -0.3 is 0 Å². The Kier molecular flexibility index (Phi) is 4.05. The number of nitrogens with one attached hydrogen (secondary N) is 1. The topological polar surface area (TPSA) is 55.1 Å². The van der Waals surface area contributed by atoms with Gasteiger partial charge >= 0.3 is 0 Å². The van der Waals surface area contributed by atoms with Gasteiger partial charge in [-0.15, -0.1) is 0 Å². The lowest BCUT2D eigenvalue weighted by molar-refractivity contribution is -0.124. The van der Waals surface area contributed by atoms with E-state index in [0.29, 0.717) is 0 Å². The molecule has 0 aromatic heterocycles. The summed E-state index contributed by atoms with van der Waals surface area (Å²) in [5.41, 5.74) is 2.11. The maximum atomic E-state index is 10.7. The van der Waals surface area contributed by atoms with Gasteiger partial charge in [0, 0.05) is 5.92 Å². The van der Waals surface area contributed by atoms with Gasteiger partial charge in [0.05, 0.1) is 0 Å². The highest BCUT2D eigenvalue weighted by atomic mass is 16.2. The van der Waals surface area contributed by atoms with Crippen molar-refractivity contribution in [3.63, 3.8) is 0 Å². The third kappa shape index (κ3) is 3.08. The van der Waals surface area contributed by atoms with Gasteiger partial charge in [-0.1, -0.05) is 20.3 Å². The fraction of sp³-hybridized carbons (Fsp3) is 0.833. The Morgan fingerprint density at radius 2 is 2.33 bits per heavy atom. The molecule has 54 valence electrons. The highest BCUT2D eigenvalue weighted by molar-refractivity contribution is 5.77. The van der Waals surface area contributed by atoms with Crippen LogP contribution in [0.3, 0.4) is 0 Å². The van der Waals surface area contributed by atoms with Crippen molar-refractivity contribution in [3.05, 3.63) is 0 Å². The molecule has 3 nitrogen and oxygen atoms in total. The molecule has 0 saturated heterocycles. The molecule has 0 aliphatic carbocycles. The molecule has 0 aromatic rings. The summed E-state index contributed by atoms with van der Waals surface area (Å²) in [6.45, 7) is 3.91. The number of rotatable bonds is 3. The Morgan fingerprint density at radius 1 is 1.78 bits per heavy atom. The fourth-order valence-corrected chi connectivity index (χ4v) is 0.706. The van der Waals surface area contributed by atoms with E-state index in [1.807, 2.05) is 13.8 Å². The molecule has 9 heavy (non-hydrogen) atoms. The maximum absolute atomic E-state index is 10.7. The van der Waals surface area contributed by atoms with Gasteiger partial charge in [-0.3, -0.25) is 10.2 Å². The largest absolute Gasteiger partial charge is 0.294 e. The van der Waals surface area contributed by atoms with E-state index in [0.717, 1.165) is 12.8 Å². The lowest BCUT2D eigenvalue weighted by Gasteiger charge is -2.05. The third-order valence-electron chi connectivity index (χ3n) is 1.31. The zero-order chi connectivity index (χ0) is 7.28. The van der Waals surface area contributed by atoms with E-state index < -0.39 is 0 Å². The predicted octanol–water partition coefficient (Wildman–Crippen LogP) is 0.413. The standard InChI is InChI=1S/C6H14N2O/c1-3-4-5(2)6(9)8-7/h5H,3-4,7H2,1-2H3,(H,8,9). The van der Waals surface area contributed by atoms with E-state index in [1.165, 1.54) is 0 Å². The van der Waals surface area contributed by atoms with Gasteiger partial charge in [-0.05, 0) is 6.42 Å². The number of carbonyl (C=O) groups is 1. The first kappa shape index (κ1) is 8.43. The number of carbonyl (C=O) groups excluding carboxylic acids is 1. The van der Waals surface area contributed by atoms with Gasteiger partial charge in [0.2, 0.25) is 5.91 Å². The van der Waals surface area contributed by atoms with E-state index in [-0.39, 0.29) is 11.8 Å². The third-order valence-corrected chi connectivity index (χ3v) is 1.31. The van der Waals surface area contributed by atoms with Crippen LogP contribution in [-0.4, -0.2) is 5.91 Å². The van der Waals surface area contributed by atoms with Crippen LogP contribution in [0.5, 0.6) is 0 Å². The summed E-state index contributed by atoms with van der Waals surface area (Å²) in [4.78, 5) is 10.7. The molecule has 1 amide bonds. The highest BCUT2D eigenvalue weighted by Gasteiger charge is 2.08. The molecule has 0 radical (unpaired) electrons. The first-order valence-corrected chi connectivity index (χ1v) is 3.22. The van der Waals surface area contributed by atoms with Gasteiger partial charge in [0.15, 0.2) is 0 Å². The second-order valence-electron chi connectivity index (χ2n) is 2.20. The molecule has 1 atom stereocenters. The fourth-order valence-electron chi connectivity index (χ4n) is 0.706. The average molecular weight is 130 g/mol. The normalized spacial score (nSPS) is 12.8. The summed E-state index contributed by atoms with van der Waals surface area (Å²) in [5, 5.41) is 0. The van der Waals surface area contributed by atoms with E-state index in [4.69, 9.17) is 5.84 Å². The van der Waals surface area contributed by atoms with Crippen LogP contribution >= 0.6 is 0 Å². The number of nitrogens with two attached hydrogens (primary N) is 1. The van der Waals surface area contributed by atoms with Crippen LogP contribution in [0.15, 0.2) is 0 Å². The van der Waals surface area contributed by atoms with Gasteiger partial charge in [0.1, 0.15) is 0 Å². The summed E-state index contributed by atoms with van der Waals surface area (Å²) in [7, 11) is 0. The predicted molar refractivity (Wildman–Crippen MR) is 36.4 cm³/mol. The van der Waals surface area contributed by atoms with Crippen molar-refractivity contribution in [1.82, 2.24) is 5.43 Å². The minimum atomic E-state index is -0.0724.